The van der Waals surface area contributed by atoms with E-state index in [1.165, 1.54) is 44.9 Å². The lowest BCUT2D eigenvalue weighted by molar-refractivity contribution is -0.273. The molecule has 4 aliphatic carbocycles. The van der Waals surface area contributed by atoms with E-state index in [2.05, 4.69) is 56.9 Å². The van der Waals surface area contributed by atoms with Crippen molar-refractivity contribution in [2.45, 2.75) is 116 Å². The van der Waals surface area contributed by atoms with Gasteiger partial charge in [0.2, 0.25) is 11.8 Å². The zero-order chi connectivity index (χ0) is 32.4. The van der Waals surface area contributed by atoms with Crippen molar-refractivity contribution in [1.29, 1.82) is 0 Å². The smallest absolute Gasteiger partial charge is 0.232 e. The highest BCUT2D eigenvalue weighted by Crippen LogP contribution is 2.71. The summed E-state index contributed by atoms with van der Waals surface area (Å²) in [7, 11) is 4.19. The first-order chi connectivity index (χ1) is 21.9. The molecular formula is C38H64N4O4. The molecule has 3 heterocycles. The number of fused-ring (bicyclic) bond motifs is 7. The van der Waals surface area contributed by atoms with Crippen molar-refractivity contribution in [2.24, 2.45) is 52.3 Å². The van der Waals surface area contributed by atoms with E-state index in [1.54, 1.807) is 0 Å². The van der Waals surface area contributed by atoms with Crippen molar-refractivity contribution in [3.8, 4) is 0 Å². The minimum atomic E-state index is -0.329. The molecule has 12 atom stereocenters. The van der Waals surface area contributed by atoms with Crippen LogP contribution in [0.4, 0.5) is 0 Å². The number of nitrogens with one attached hydrogen (secondary N) is 1. The van der Waals surface area contributed by atoms with Crippen LogP contribution in [0, 0.1) is 52.3 Å². The average Bonchev–Trinajstić information content (AvgIpc) is 3.47. The van der Waals surface area contributed by atoms with Gasteiger partial charge in [-0.15, -0.1) is 0 Å². The minimum Gasteiger partial charge on any atom is -0.353 e. The van der Waals surface area contributed by atoms with E-state index in [0.717, 1.165) is 82.9 Å². The Balaban J connectivity index is 0.917. The summed E-state index contributed by atoms with van der Waals surface area (Å²) in [5, 5.41) is 3.33. The van der Waals surface area contributed by atoms with Gasteiger partial charge in [0.1, 0.15) is 6.42 Å². The van der Waals surface area contributed by atoms with Gasteiger partial charge in [-0.05, 0) is 118 Å². The molecular weight excluding hydrogens is 576 g/mol. The Morgan fingerprint density at radius 1 is 0.891 bits per heavy atom. The number of rotatable bonds is 6. The Hall–Kier alpha value is -1.22. The third-order valence-electron chi connectivity index (χ3n) is 15.2. The molecule has 1 N–H and O–H groups in total. The van der Waals surface area contributed by atoms with Crippen LogP contribution < -0.4 is 5.32 Å². The molecule has 8 nitrogen and oxygen atoms in total. The summed E-state index contributed by atoms with van der Waals surface area (Å²) in [6, 6.07) is 0.209. The van der Waals surface area contributed by atoms with E-state index in [1.807, 2.05) is 4.90 Å². The van der Waals surface area contributed by atoms with Crippen LogP contribution in [-0.4, -0.2) is 104 Å². The number of ether oxygens (including phenoxy) is 2. The van der Waals surface area contributed by atoms with Crippen LogP contribution >= 0.6 is 0 Å². The lowest BCUT2D eigenvalue weighted by atomic mass is 9.44. The number of hydrogen-bond donors (Lipinski definition) is 1. The average molecular weight is 641 g/mol. The maximum atomic E-state index is 13.1. The van der Waals surface area contributed by atoms with E-state index in [0.29, 0.717) is 40.6 Å². The summed E-state index contributed by atoms with van der Waals surface area (Å²) < 4.78 is 13.5. The van der Waals surface area contributed by atoms with Crippen LogP contribution in [0.1, 0.15) is 98.3 Å². The quantitative estimate of drug-likeness (QED) is 0.412. The summed E-state index contributed by atoms with van der Waals surface area (Å²) in [4.78, 5) is 32.6. The summed E-state index contributed by atoms with van der Waals surface area (Å²) in [6.45, 7) is 16.2. The molecule has 4 saturated carbocycles. The summed E-state index contributed by atoms with van der Waals surface area (Å²) in [5.74, 6) is 4.36. The molecule has 8 heteroatoms. The first-order valence-electron chi connectivity index (χ1n) is 19.2. The fourth-order valence-electron chi connectivity index (χ4n) is 12.5. The van der Waals surface area contributed by atoms with Gasteiger partial charge in [0, 0.05) is 57.6 Å². The van der Waals surface area contributed by atoms with Gasteiger partial charge in [0.25, 0.3) is 0 Å². The molecule has 1 spiro atoms. The number of carbonyl (C=O) groups excluding carboxylic acids is 2. The number of amides is 2. The maximum absolute atomic E-state index is 13.1. The van der Waals surface area contributed by atoms with Crippen molar-refractivity contribution < 1.29 is 19.1 Å². The molecule has 7 rings (SSSR count). The molecule has 2 amide bonds. The predicted octanol–water partition coefficient (Wildman–Crippen LogP) is 5.01. The first kappa shape index (κ1) is 33.3. The van der Waals surface area contributed by atoms with Gasteiger partial charge < -0.3 is 24.6 Å². The first-order valence-corrected chi connectivity index (χ1v) is 19.2. The lowest BCUT2D eigenvalue weighted by Crippen LogP contribution is -2.56. The Bertz CT molecular complexity index is 1130. The van der Waals surface area contributed by atoms with E-state index in [-0.39, 0.29) is 30.1 Å². The molecule has 0 bridgehead atoms. The molecule has 46 heavy (non-hydrogen) atoms. The van der Waals surface area contributed by atoms with E-state index < -0.39 is 0 Å². The molecule has 7 fully saturated rings. The number of nitrogens with zero attached hydrogens (tertiary/aromatic N) is 3. The topological polar surface area (TPSA) is 74.3 Å². The largest absolute Gasteiger partial charge is 0.353 e. The van der Waals surface area contributed by atoms with Gasteiger partial charge in [-0.25, -0.2) is 0 Å². The maximum Gasteiger partial charge on any atom is 0.232 e. The highest BCUT2D eigenvalue weighted by Gasteiger charge is 2.69. The molecule has 0 aromatic rings. The molecule has 0 aromatic heterocycles. The summed E-state index contributed by atoms with van der Waals surface area (Å²) in [5.41, 5.74) is 0.725. The van der Waals surface area contributed by atoms with Crippen LogP contribution in [0.15, 0.2) is 0 Å². The summed E-state index contributed by atoms with van der Waals surface area (Å²) in [6.07, 6.45) is 12.5. The molecule has 3 aliphatic heterocycles. The second-order valence-corrected chi connectivity index (χ2v) is 17.9. The van der Waals surface area contributed by atoms with Gasteiger partial charge >= 0.3 is 0 Å². The molecule has 1 unspecified atom stereocenters. The van der Waals surface area contributed by atoms with Crippen molar-refractivity contribution in [3.05, 3.63) is 0 Å². The van der Waals surface area contributed by atoms with Crippen LogP contribution in [0.5, 0.6) is 0 Å². The summed E-state index contributed by atoms with van der Waals surface area (Å²) >= 11 is 0. The fraction of sp³-hybridized carbons (Fsp3) is 0.947. The van der Waals surface area contributed by atoms with Gasteiger partial charge in [0.05, 0.1) is 12.7 Å². The predicted molar refractivity (Wildman–Crippen MR) is 180 cm³/mol. The molecule has 7 aliphatic rings. The molecule has 0 aromatic carbocycles. The highest BCUT2D eigenvalue weighted by atomic mass is 16.7. The zero-order valence-corrected chi connectivity index (χ0v) is 29.9. The van der Waals surface area contributed by atoms with Crippen molar-refractivity contribution in [2.75, 3.05) is 60.0 Å². The van der Waals surface area contributed by atoms with E-state index >= 15 is 0 Å². The van der Waals surface area contributed by atoms with E-state index in [4.69, 9.17) is 9.47 Å². The zero-order valence-electron chi connectivity index (χ0n) is 29.9. The van der Waals surface area contributed by atoms with Gasteiger partial charge in [0.15, 0.2) is 5.79 Å². The molecule has 3 saturated heterocycles. The lowest BCUT2D eigenvalue weighted by Gasteiger charge is -2.61. The highest BCUT2D eigenvalue weighted by molar-refractivity contribution is 5.97. The fourth-order valence-corrected chi connectivity index (χ4v) is 12.5. The third kappa shape index (κ3) is 5.77. The van der Waals surface area contributed by atoms with Crippen LogP contribution in [-0.2, 0) is 19.1 Å². The van der Waals surface area contributed by atoms with Gasteiger partial charge in [-0.2, -0.15) is 0 Å². The van der Waals surface area contributed by atoms with Crippen molar-refractivity contribution in [1.82, 2.24) is 20.0 Å². The molecule has 260 valence electrons. The van der Waals surface area contributed by atoms with Crippen LogP contribution in [0.25, 0.3) is 0 Å². The van der Waals surface area contributed by atoms with Gasteiger partial charge in [-0.1, -0.05) is 27.7 Å². The number of piperazine rings is 1. The molecule has 0 radical (unpaired) electrons. The second-order valence-electron chi connectivity index (χ2n) is 17.9. The standard InChI is InChI=1S/C38H64N4O4/c1-25-9-14-38(45-24-25)26(2)35-32(46-38)22-31-29-8-7-27-21-28(10-12-36(27,3)30(29)11-13-37(31,35)4)39-33(43)23-34(44)42-19-17-41(18-20-42)16-15-40(5)6/h25-32,35H,7-24H2,1-6H3,(H,39,43)/t25-,26-,27+,28?,29+,30-,31-,32-,35-,36-,37-,38+/m0/s1. The van der Waals surface area contributed by atoms with Gasteiger partial charge in [-0.3, -0.25) is 14.5 Å². The Kier molecular flexibility index (Phi) is 9.11. The van der Waals surface area contributed by atoms with Crippen molar-refractivity contribution >= 4 is 11.8 Å². The Morgan fingerprint density at radius 3 is 2.37 bits per heavy atom. The number of hydrogen-bond acceptors (Lipinski definition) is 6. The second kappa shape index (κ2) is 12.6. The normalized spacial score (nSPS) is 47.3. The number of likely N-dealkylation sites (N-methyl/N-ethyl adjacent to an activating group) is 1. The van der Waals surface area contributed by atoms with Crippen LogP contribution in [0.2, 0.25) is 0 Å². The monoisotopic (exact) mass is 640 g/mol. The third-order valence-corrected chi connectivity index (χ3v) is 15.2. The van der Waals surface area contributed by atoms with Crippen LogP contribution in [0.3, 0.4) is 0 Å². The Labute approximate surface area is 279 Å². The SMILES string of the molecule is C[C@H]1CC[C@@]2(OC1)O[C@H]1C[C@H]3[C@@H]4CC[C@@H]5CC(NC(=O)CC(=O)N6CCN(CCN(C)C)CC6)CC[C@]5(C)[C@H]4CC[C@]3(C)[C@H]1[C@@H]2C. The Morgan fingerprint density at radius 2 is 1.65 bits per heavy atom. The van der Waals surface area contributed by atoms with E-state index in [9.17, 15) is 9.59 Å². The van der Waals surface area contributed by atoms with Crippen molar-refractivity contribution in [3.63, 3.8) is 0 Å². The number of carbonyl (C=O) groups is 2. The minimum absolute atomic E-state index is 0.00469.